The molecule has 114 valence electrons. The maximum absolute atomic E-state index is 12.1. The van der Waals surface area contributed by atoms with E-state index in [1.54, 1.807) is 25.7 Å². The van der Waals surface area contributed by atoms with Crippen LogP contribution in [0.1, 0.15) is 17.5 Å². The summed E-state index contributed by atoms with van der Waals surface area (Å²) in [4.78, 5) is 17.3. The molecule has 1 atom stereocenters. The van der Waals surface area contributed by atoms with E-state index in [2.05, 4.69) is 10.5 Å². The number of ether oxygens (including phenoxy) is 1. The zero-order chi connectivity index (χ0) is 15.4. The van der Waals surface area contributed by atoms with Crippen molar-refractivity contribution in [1.82, 2.24) is 5.32 Å². The molecule has 22 heavy (non-hydrogen) atoms. The third kappa shape index (κ3) is 3.11. The molecule has 1 aliphatic heterocycles. The molecule has 2 heterocycles. The lowest BCUT2D eigenvalue weighted by molar-refractivity contribution is -0.131. The molecule has 0 saturated heterocycles. The fourth-order valence-electron chi connectivity index (χ4n) is 2.19. The predicted molar refractivity (Wildman–Crippen MR) is 79.6 cm³/mol. The molecule has 1 aromatic heterocycles. The first-order chi connectivity index (χ1) is 10.8. The highest BCUT2D eigenvalue weighted by Gasteiger charge is 2.28. The van der Waals surface area contributed by atoms with Crippen molar-refractivity contribution in [2.24, 2.45) is 5.16 Å². The Morgan fingerprint density at radius 3 is 3.14 bits per heavy atom. The highest BCUT2D eigenvalue weighted by Crippen LogP contribution is 2.20. The first-order valence-corrected chi connectivity index (χ1v) is 6.92. The Balaban J connectivity index is 1.57. The average molecular weight is 300 g/mol. The van der Waals surface area contributed by atoms with Crippen LogP contribution in [0.2, 0.25) is 0 Å². The van der Waals surface area contributed by atoms with E-state index in [-0.39, 0.29) is 5.91 Å². The zero-order valence-corrected chi connectivity index (χ0v) is 12.1. The van der Waals surface area contributed by atoms with Crippen molar-refractivity contribution < 1.29 is 18.8 Å². The van der Waals surface area contributed by atoms with E-state index in [4.69, 9.17) is 14.0 Å². The van der Waals surface area contributed by atoms with E-state index < -0.39 is 6.10 Å². The summed E-state index contributed by atoms with van der Waals surface area (Å²) in [5, 5.41) is 6.81. The van der Waals surface area contributed by atoms with Crippen molar-refractivity contribution >= 4 is 11.6 Å². The Morgan fingerprint density at radius 1 is 1.45 bits per heavy atom. The molecular formula is C16H16N2O4. The van der Waals surface area contributed by atoms with Crippen LogP contribution in [-0.2, 0) is 16.2 Å². The summed E-state index contributed by atoms with van der Waals surface area (Å²) >= 11 is 0. The summed E-state index contributed by atoms with van der Waals surface area (Å²) in [6.07, 6.45) is 2.99. The Labute approximate surface area is 127 Å². The number of amides is 1. The van der Waals surface area contributed by atoms with Crippen molar-refractivity contribution in [2.75, 3.05) is 7.11 Å². The van der Waals surface area contributed by atoms with Gasteiger partial charge in [0.05, 0.1) is 25.3 Å². The molecule has 1 unspecified atom stereocenters. The van der Waals surface area contributed by atoms with Crippen molar-refractivity contribution in [2.45, 2.75) is 19.1 Å². The normalized spacial score (nSPS) is 16.8. The second-order valence-corrected chi connectivity index (χ2v) is 4.92. The largest absolute Gasteiger partial charge is 0.497 e. The summed E-state index contributed by atoms with van der Waals surface area (Å²) in [5.41, 5.74) is 2.53. The molecule has 0 saturated carbocycles. The Kier molecular flexibility index (Phi) is 4.09. The lowest BCUT2D eigenvalue weighted by atomic mass is 10.0. The van der Waals surface area contributed by atoms with E-state index in [1.807, 2.05) is 24.3 Å². The minimum absolute atomic E-state index is 0.192. The lowest BCUT2D eigenvalue weighted by Crippen LogP contribution is -2.34. The quantitative estimate of drug-likeness (QED) is 0.917. The molecule has 1 aromatic carbocycles. The summed E-state index contributed by atoms with van der Waals surface area (Å²) in [7, 11) is 1.61. The molecule has 1 N–H and O–H groups in total. The molecule has 1 amide bonds. The number of rotatable bonds is 5. The van der Waals surface area contributed by atoms with Gasteiger partial charge in [0, 0.05) is 24.1 Å². The average Bonchev–Trinajstić information content (AvgIpc) is 3.24. The highest BCUT2D eigenvalue weighted by molar-refractivity contribution is 6.04. The van der Waals surface area contributed by atoms with Gasteiger partial charge in [0.25, 0.3) is 5.91 Å². The van der Waals surface area contributed by atoms with Crippen LogP contribution in [0, 0.1) is 0 Å². The number of hydrogen-bond acceptors (Lipinski definition) is 5. The molecule has 0 aliphatic carbocycles. The Bertz CT molecular complexity index is 679. The van der Waals surface area contributed by atoms with Gasteiger partial charge in [-0.05, 0) is 18.2 Å². The van der Waals surface area contributed by atoms with Gasteiger partial charge >= 0.3 is 0 Å². The number of nitrogens with one attached hydrogen (secondary N) is 1. The van der Waals surface area contributed by atoms with Gasteiger partial charge in [0.1, 0.15) is 5.75 Å². The monoisotopic (exact) mass is 300 g/mol. The van der Waals surface area contributed by atoms with Gasteiger partial charge in [-0.15, -0.1) is 0 Å². The first kappa shape index (κ1) is 14.2. The van der Waals surface area contributed by atoms with Crippen LogP contribution in [0.15, 0.2) is 52.4 Å². The van der Waals surface area contributed by atoms with Gasteiger partial charge in [-0.3, -0.25) is 4.79 Å². The number of methoxy groups -OCH3 is 1. The second kappa shape index (κ2) is 6.34. The number of benzene rings is 1. The molecule has 3 rings (SSSR count). The van der Waals surface area contributed by atoms with Crippen LogP contribution in [0.25, 0.3) is 0 Å². The summed E-state index contributed by atoms with van der Waals surface area (Å²) in [6.45, 7) is 0.406. The minimum Gasteiger partial charge on any atom is -0.497 e. The van der Waals surface area contributed by atoms with Gasteiger partial charge in [0.2, 0.25) is 6.10 Å². The van der Waals surface area contributed by atoms with E-state index in [1.165, 1.54) is 0 Å². The maximum Gasteiger partial charge on any atom is 0.264 e. The van der Waals surface area contributed by atoms with Crippen LogP contribution < -0.4 is 10.1 Å². The number of oxime groups is 1. The van der Waals surface area contributed by atoms with E-state index in [0.29, 0.717) is 13.0 Å². The fraction of sp³-hybridized carbons (Fsp3) is 0.250. The van der Waals surface area contributed by atoms with E-state index in [0.717, 1.165) is 22.6 Å². The first-order valence-electron chi connectivity index (χ1n) is 6.92. The fourth-order valence-corrected chi connectivity index (χ4v) is 2.19. The molecule has 0 fully saturated rings. The molecule has 2 aromatic rings. The summed E-state index contributed by atoms with van der Waals surface area (Å²) in [6, 6.07) is 9.32. The summed E-state index contributed by atoms with van der Waals surface area (Å²) < 4.78 is 10.1. The smallest absolute Gasteiger partial charge is 0.264 e. The second-order valence-electron chi connectivity index (χ2n) is 4.92. The molecular weight excluding hydrogens is 284 g/mol. The third-order valence-corrected chi connectivity index (χ3v) is 3.41. The van der Waals surface area contributed by atoms with Crippen LogP contribution >= 0.6 is 0 Å². The van der Waals surface area contributed by atoms with E-state index >= 15 is 0 Å². The number of carbonyl (C=O) groups is 1. The van der Waals surface area contributed by atoms with Gasteiger partial charge in [-0.25, -0.2) is 0 Å². The highest BCUT2D eigenvalue weighted by atomic mass is 16.6. The Hall–Kier alpha value is -2.76. The van der Waals surface area contributed by atoms with E-state index in [9.17, 15) is 4.79 Å². The van der Waals surface area contributed by atoms with Crippen molar-refractivity contribution in [1.29, 1.82) is 0 Å². The van der Waals surface area contributed by atoms with Gasteiger partial charge < -0.3 is 19.3 Å². The molecule has 6 nitrogen and oxygen atoms in total. The molecule has 1 aliphatic rings. The molecule has 6 heteroatoms. The number of carbonyl (C=O) groups excluding carboxylic acids is 1. The van der Waals surface area contributed by atoms with Gasteiger partial charge in [-0.1, -0.05) is 17.3 Å². The molecule has 0 spiro atoms. The lowest BCUT2D eigenvalue weighted by Gasteiger charge is -2.08. The van der Waals surface area contributed by atoms with Crippen molar-refractivity contribution in [3.8, 4) is 5.75 Å². The number of nitrogens with zero attached hydrogens (tertiary/aromatic N) is 1. The standard InChI is InChI=1S/C16H16N2O4/c1-20-13-4-2-3-12(7-13)14-8-15(22-18-14)16(19)17-9-11-5-6-21-10-11/h2-7,10,15H,8-9H2,1H3,(H,17,19). The topological polar surface area (TPSA) is 73.1 Å². The number of furan rings is 1. The van der Waals surface area contributed by atoms with Crippen molar-refractivity contribution in [3.05, 3.63) is 54.0 Å². The number of hydrogen-bond donors (Lipinski definition) is 1. The minimum atomic E-state index is -0.604. The van der Waals surface area contributed by atoms with Crippen LogP contribution in [0.3, 0.4) is 0 Å². The SMILES string of the molecule is COc1cccc(C2=NOC(C(=O)NCc3ccoc3)C2)c1. The third-order valence-electron chi connectivity index (χ3n) is 3.41. The van der Waals surface area contributed by atoms with Crippen LogP contribution in [0.5, 0.6) is 5.75 Å². The summed E-state index contributed by atoms with van der Waals surface area (Å²) in [5.74, 6) is 0.552. The van der Waals surface area contributed by atoms with Crippen LogP contribution in [0.4, 0.5) is 0 Å². The predicted octanol–water partition coefficient (Wildman–Crippen LogP) is 2.10. The zero-order valence-electron chi connectivity index (χ0n) is 12.1. The van der Waals surface area contributed by atoms with Crippen molar-refractivity contribution in [3.63, 3.8) is 0 Å². The van der Waals surface area contributed by atoms with Gasteiger partial charge in [0.15, 0.2) is 0 Å². The maximum atomic E-state index is 12.1. The Morgan fingerprint density at radius 2 is 2.36 bits per heavy atom. The van der Waals surface area contributed by atoms with Crippen LogP contribution in [-0.4, -0.2) is 24.8 Å². The molecule has 0 bridgehead atoms. The van der Waals surface area contributed by atoms with Gasteiger partial charge in [-0.2, -0.15) is 0 Å². The molecule has 0 radical (unpaired) electrons.